The predicted molar refractivity (Wildman–Crippen MR) is 90.4 cm³/mol. The smallest absolute Gasteiger partial charge is 0.276 e. The van der Waals surface area contributed by atoms with Crippen molar-refractivity contribution in [3.63, 3.8) is 0 Å². The Kier molecular flexibility index (Phi) is 4.94. The number of benzene rings is 1. The number of carbonyl (C=O) groups excluding carboxylic acids is 1. The number of rotatable bonds is 4. The summed E-state index contributed by atoms with van der Waals surface area (Å²) in [6.45, 7) is 4.14. The molecular weight excluding hydrogens is 325 g/mol. The van der Waals surface area contributed by atoms with Crippen LogP contribution in [0.5, 0.6) is 0 Å². The fourth-order valence-corrected chi connectivity index (χ4v) is 2.94. The van der Waals surface area contributed by atoms with E-state index >= 15 is 0 Å². The largest absolute Gasteiger partial charge is 0.376 e. The summed E-state index contributed by atoms with van der Waals surface area (Å²) in [6, 6.07) is 7.11. The average Bonchev–Trinajstić information content (AvgIpc) is 3.10. The van der Waals surface area contributed by atoms with Gasteiger partial charge in [0.05, 0.1) is 12.1 Å². The third-order valence-corrected chi connectivity index (χ3v) is 4.28. The molecular formula is C18H20FN3O3. The molecule has 2 aromatic rings. The number of nitrogens with zero attached hydrogens (tertiary/aromatic N) is 2. The number of hydrogen-bond acceptors (Lipinski definition) is 4. The summed E-state index contributed by atoms with van der Waals surface area (Å²) in [5.41, 5.74) is -0.138. The number of ether oxygens (including phenoxy) is 1. The SMILES string of the molecule is Cc1cc(=O)c(C(=O)NC(C)C2CCCO2)nn1-c1ccccc1F. The monoisotopic (exact) mass is 345 g/mol. The van der Waals surface area contributed by atoms with Crippen LogP contribution in [0.2, 0.25) is 0 Å². The van der Waals surface area contributed by atoms with Gasteiger partial charge in [-0.05, 0) is 38.8 Å². The van der Waals surface area contributed by atoms with Crippen molar-refractivity contribution in [3.8, 4) is 5.69 Å². The Morgan fingerprint density at radius 1 is 1.44 bits per heavy atom. The molecule has 1 fully saturated rings. The Morgan fingerprint density at radius 2 is 2.20 bits per heavy atom. The first-order valence-corrected chi connectivity index (χ1v) is 8.25. The second-order valence-electron chi connectivity index (χ2n) is 6.18. The fourth-order valence-electron chi connectivity index (χ4n) is 2.94. The van der Waals surface area contributed by atoms with Crippen molar-refractivity contribution >= 4 is 5.91 Å². The van der Waals surface area contributed by atoms with Crippen LogP contribution in [0.4, 0.5) is 4.39 Å². The van der Waals surface area contributed by atoms with Gasteiger partial charge in [0.25, 0.3) is 5.91 Å². The maximum atomic E-state index is 14.0. The van der Waals surface area contributed by atoms with Crippen LogP contribution in [0.1, 0.15) is 35.9 Å². The van der Waals surface area contributed by atoms with Crippen molar-refractivity contribution in [1.82, 2.24) is 15.1 Å². The number of nitrogens with one attached hydrogen (secondary N) is 1. The minimum Gasteiger partial charge on any atom is -0.376 e. The lowest BCUT2D eigenvalue weighted by atomic mass is 10.1. The van der Waals surface area contributed by atoms with Crippen LogP contribution in [0, 0.1) is 12.7 Å². The van der Waals surface area contributed by atoms with Crippen LogP contribution in [0.3, 0.4) is 0 Å². The van der Waals surface area contributed by atoms with Gasteiger partial charge in [-0.1, -0.05) is 12.1 Å². The molecule has 0 bridgehead atoms. The number of aryl methyl sites for hydroxylation is 1. The molecule has 6 nitrogen and oxygen atoms in total. The van der Waals surface area contributed by atoms with Crippen molar-refractivity contribution in [1.29, 1.82) is 0 Å². The number of carbonyl (C=O) groups is 1. The molecule has 1 aliphatic heterocycles. The van der Waals surface area contributed by atoms with Gasteiger partial charge in [0.2, 0.25) is 5.43 Å². The molecule has 2 unspecified atom stereocenters. The number of aromatic nitrogens is 2. The van der Waals surface area contributed by atoms with E-state index in [1.807, 2.05) is 6.92 Å². The fraction of sp³-hybridized carbons (Fsp3) is 0.389. The van der Waals surface area contributed by atoms with Crippen LogP contribution in [-0.2, 0) is 4.74 Å². The summed E-state index contributed by atoms with van der Waals surface area (Å²) in [5, 5.41) is 6.85. The summed E-state index contributed by atoms with van der Waals surface area (Å²) in [4.78, 5) is 24.7. The van der Waals surface area contributed by atoms with E-state index in [4.69, 9.17) is 4.74 Å². The second kappa shape index (κ2) is 7.14. The molecule has 0 spiro atoms. The van der Waals surface area contributed by atoms with Gasteiger partial charge in [0.15, 0.2) is 5.69 Å². The summed E-state index contributed by atoms with van der Waals surface area (Å²) < 4.78 is 20.9. The molecule has 1 N–H and O–H groups in total. The minimum absolute atomic E-state index is 0.0665. The molecule has 7 heteroatoms. The average molecular weight is 345 g/mol. The number of hydrogen-bond donors (Lipinski definition) is 1. The highest BCUT2D eigenvalue weighted by Gasteiger charge is 2.25. The van der Waals surface area contributed by atoms with Crippen LogP contribution < -0.4 is 10.7 Å². The summed E-state index contributed by atoms with van der Waals surface area (Å²) in [6.07, 6.45) is 1.75. The molecule has 1 saturated heterocycles. The molecule has 25 heavy (non-hydrogen) atoms. The van der Waals surface area contributed by atoms with E-state index in [1.165, 1.54) is 22.9 Å². The second-order valence-corrected chi connectivity index (χ2v) is 6.18. The van der Waals surface area contributed by atoms with Crippen LogP contribution in [0.25, 0.3) is 5.69 Å². The topological polar surface area (TPSA) is 73.2 Å². The first-order chi connectivity index (χ1) is 12.0. The van der Waals surface area contributed by atoms with Gasteiger partial charge >= 0.3 is 0 Å². The Balaban J connectivity index is 1.91. The molecule has 1 amide bonds. The van der Waals surface area contributed by atoms with E-state index in [2.05, 4.69) is 10.4 Å². The zero-order valence-corrected chi connectivity index (χ0v) is 14.2. The van der Waals surface area contributed by atoms with Crippen molar-refractivity contribution in [2.24, 2.45) is 0 Å². The Hall–Kier alpha value is -2.54. The lowest BCUT2D eigenvalue weighted by molar-refractivity contribution is 0.0708. The number of para-hydroxylation sites is 1. The first kappa shape index (κ1) is 17.3. The van der Waals surface area contributed by atoms with E-state index in [1.54, 1.807) is 19.1 Å². The van der Waals surface area contributed by atoms with E-state index in [0.29, 0.717) is 12.3 Å². The molecule has 1 aliphatic rings. The molecule has 0 saturated carbocycles. The number of amides is 1. The van der Waals surface area contributed by atoms with Crippen molar-refractivity contribution < 1.29 is 13.9 Å². The molecule has 132 valence electrons. The molecule has 3 rings (SSSR count). The zero-order valence-electron chi connectivity index (χ0n) is 14.2. The lowest BCUT2D eigenvalue weighted by Gasteiger charge is -2.20. The predicted octanol–water partition coefficient (Wildman–Crippen LogP) is 1.98. The van der Waals surface area contributed by atoms with E-state index in [-0.39, 0.29) is 23.5 Å². The Labute approximate surface area is 144 Å². The molecule has 0 aliphatic carbocycles. The van der Waals surface area contributed by atoms with Gasteiger partial charge < -0.3 is 10.1 Å². The molecule has 1 aromatic carbocycles. The normalized spacial score (nSPS) is 18.1. The molecule has 1 aromatic heterocycles. The van der Waals surface area contributed by atoms with Crippen LogP contribution in [-0.4, -0.2) is 34.4 Å². The third-order valence-electron chi connectivity index (χ3n) is 4.28. The highest BCUT2D eigenvalue weighted by atomic mass is 19.1. The zero-order chi connectivity index (χ0) is 18.0. The summed E-state index contributed by atoms with van der Waals surface area (Å²) >= 11 is 0. The van der Waals surface area contributed by atoms with E-state index < -0.39 is 17.2 Å². The van der Waals surface area contributed by atoms with Gasteiger partial charge in [-0.15, -0.1) is 0 Å². The number of halogens is 1. The maximum Gasteiger partial charge on any atom is 0.276 e. The Morgan fingerprint density at radius 3 is 2.88 bits per heavy atom. The lowest BCUT2D eigenvalue weighted by Crippen LogP contribution is -2.43. The van der Waals surface area contributed by atoms with E-state index in [0.717, 1.165) is 12.8 Å². The maximum absolute atomic E-state index is 14.0. The van der Waals surface area contributed by atoms with Gasteiger partial charge in [-0.3, -0.25) is 9.59 Å². The van der Waals surface area contributed by atoms with Gasteiger partial charge in [-0.2, -0.15) is 5.10 Å². The highest BCUT2D eigenvalue weighted by molar-refractivity contribution is 5.92. The quantitative estimate of drug-likeness (QED) is 0.920. The minimum atomic E-state index is -0.585. The molecule has 2 heterocycles. The van der Waals surface area contributed by atoms with Gasteiger partial charge in [0.1, 0.15) is 11.5 Å². The molecule has 2 atom stereocenters. The van der Waals surface area contributed by atoms with Gasteiger partial charge in [0, 0.05) is 18.4 Å². The standard InChI is InChI=1S/C18H20FN3O3/c1-11-10-15(23)17(18(24)20-12(2)16-8-5-9-25-16)21-22(11)14-7-4-3-6-13(14)19/h3-4,6-7,10,12,16H,5,8-9H2,1-2H3,(H,20,24). The highest BCUT2D eigenvalue weighted by Crippen LogP contribution is 2.16. The van der Waals surface area contributed by atoms with E-state index in [9.17, 15) is 14.0 Å². The third kappa shape index (κ3) is 3.61. The van der Waals surface area contributed by atoms with Crippen molar-refractivity contribution in [2.45, 2.75) is 38.8 Å². The van der Waals surface area contributed by atoms with Crippen LogP contribution in [0.15, 0.2) is 35.1 Å². The van der Waals surface area contributed by atoms with Crippen LogP contribution >= 0.6 is 0 Å². The Bertz CT molecular complexity index is 844. The first-order valence-electron chi connectivity index (χ1n) is 8.25. The van der Waals surface area contributed by atoms with Crippen molar-refractivity contribution in [2.75, 3.05) is 6.61 Å². The van der Waals surface area contributed by atoms with Crippen molar-refractivity contribution in [3.05, 3.63) is 57.8 Å². The van der Waals surface area contributed by atoms with Gasteiger partial charge in [-0.25, -0.2) is 9.07 Å². The molecule has 0 radical (unpaired) electrons. The summed E-state index contributed by atoms with van der Waals surface area (Å²) in [7, 11) is 0. The summed E-state index contributed by atoms with van der Waals surface area (Å²) in [5.74, 6) is -1.07.